The first-order valence-electron chi connectivity index (χ1n) is 16.0. The highest BCUT2D eigenvalue weighted by Crippen LogP contribution is 2.45. The zero-order valence-corrected chi connectivity index (χ0v) is 27.2. The van der Waals surface area contributed by atoms with E-state index in [0.717, 1.165) is 30.3 Å². The molecule has 6 aromatic carbocycles. The van der Waals surface area contributed by atoms with E-state index < -0.39 is 35.2 Å². The number of aromatic nitrogens is 2. The van der Waals surface area contributed by atoms with Gasteiger partial charge in [-0.2, -0.15) is 50.0 Å². The van der Waals surface area contributed by atoms with Gasteiger partial charge >= 0.3 is 18.5 Å². The summed E-state index contributed by atoms with van der Waals surface area (Å²) in [5.41, 5.74) is -2.30. The molecule has 0 aliphatic carbocycles. The molecule has 0 saturated heterocycles. The topological polar surface area (TPSA) is 57.4 Å². The third-order valence-corrected chi connectivity index (χ3v) is 9.43. The van der Waals surface area contributed by atoms with Crippen molar-refractivity contribution in [3.05, 3.63) is 143 Å². The average Bonchev–Trinajstić information content (AvgIpc) is 3.65. The molecule has 266 valence electrons. The molecule has 2 aromatic heterocycles. The predicted octanol–water partition coefficient (Wildman–Crippen LogP) is 12.3. The molecule has 0 fully saturated rings. The number of hydrogen-bond acceptors (Lipinski definition) is 2. The fraction of sp³-hybridized carbons (Fsp3) is 0.0732. The van der Waals surface area contributed by atoms with Gasteiger partial charge in [0.05, 0.1) is 61.8 Å². The largest absolute Gasteiger partial charge is 0.416 e. The summed E-state index contributed by atoms with van der Waals surface area (Å²) in [6.45, 7) is 0. The molecule has 4 nitrogen and oxygen atoms in total. The molecule has 8 aromatic rings. The van der Waals surface area contributed by atoms with Crippen molar-refractivity contribution in [2.75, 3.05) is 0 Å². The number of alkyl halides is 9. The number of nitriles is 2. The third-order valence-electron chi connectivity index (χ3n) is 9.43. The second-order valence-corrected chi connectivity index (χ2v) is 12.5. The standard InChI is InChI=1S/C41H19F9N4/c42-39(43,44)24-9-12-35-30(18-24)28-5-1-3-7-33(28)53(35)37-14-11-27(23-15-22(20-51)16-26(17-23)41(48,49)50)38(32(37)21-52)54-34-8-4-2-6-29(34)31-19-25(40(45,46)47)10-13-36(31)54/h1-19H. The minimum atomic E-state index is -4.88. The summed E-state index contributed by atoms with van der Waals surface area (Å²) in [6.07, 6.45) is -14.3. The van der Waals surface area contributed by atoms with Gasteiger partial charge in [0.15, 0.2) is 0 Å². The Balaban J connectivity index is 1.55. The molecule has 0 saturated carbocycles. The van der Waals surface area contributed by atoms with Crippen LogP contribution in [0.25, 0.3) is 66.1 Å². The highest BCUT2D eigenvalue weighted by molar-refractivity contribution is 6.12. The van der Waals surface area contributed by atoms with Crippen LogP contribution in [0, 0.1) is 22.7 Å². The van der Waals surface area contributed by atoms with Crippen molar-refractivity contribution in [2.45, 2.75) is 18.5 Å². The molecule has 0 aliphatic heterocycles. The SMILES string of the molecule is N#Cc1cc(-c2ccc(-n3c4ccccc4c4cc(C(F)(F)F)ccc43)c(C#N)c2-n2c3ccccc3c3cc(C(F)(F)F)ccc32)cc(C(F)(F)F)c1. The molecule has 0 bridgehead atoms. The van der Waals surface area contributed by atoms with Gasteiger partial charge in [-0.05, 0) is 78.4 Å². The van der Waals surface area contributed by atoms with Gasteiger partial charge in [-0.25, -0.2) is 0 Å². The van der Waals surface area contributed by atoms with Crippen LogP contribution in [0.3, 0.4) is 0 Å². The minimum absolute atomic E-state index is 0.0259. The van der Waals surface area contributed by atoms with Gasteiger partial charge in [-0.1, -0.05) is 42.5 Å². The van der Waals surface area contributed by atoms with E-state index in [9.17, 15) is 50.0 Å². The lowest BCUT2D eigenvalue weighted by Crippen LogP contribution is -2.09. The Hall–Kier alpha value is -6.73. The second-order valence-electron chi connectivity index (χ2n) is 12.5. The van der Waals surface area contributed by atoms with E-state index in [-0.39, 0.29) is 55.4 Å². The lowest BCUT2D eigenvalue weighted by Gasteiger charge is -2.21. The maximum absolute atomic E-state index is 14.2. The Labute approximate surface area is 298 Å². The van der Waals surface area contributed by atoms with E-state index in [1.165, 1.54) is 34.9 Å². The van der Waals surface area contributed by atoms with Crippen LogP contribution in [0.2, 0.25) is 0 Å². The van der Waals surface area contributed by atoms with Crippen LogP contribution >= 0.6 is 0 Å². The first kappa shape index (κ1) is 34.4. The normalized spacial score (nSPS) is 12.5. The Morgan fingerprint density at radius 2 is 0.944 bits per heavy atom. The Morgan fingerprint density at radius 3 is 1.46 bits per heavy atom. The first-order valence-corrected chi connectivity index (χ1v) is 16.0. The van der Waals surface area contributed by atoms with Crippen LogP contribution in [-0.4, -0.2) is 9.13 Å². The molecular weight excluding hydrogens is 719 g/mol. The zero-order chi connectivity index (χ0) is 38.3. The zero-order valence-electron chi connectivity index (χ0n) is 27.2. The van der Waals surface area contributed by atoms with E-state index in [1.54, 1.807) is 59.2 Å². The first-order chi connectivity index (χ1) is 25.6. The van der Waals surface area contributed by atoms with E-state index in [0.29, 0.717) is 27.9 Å². The molecule has 13 heteroatoms. The third kappa shape index (κ3) is 5.39. The summed E-state index contributed by atoms with van der Waals surface area (Å²) in [7, 11) is 0. The lowest BCUT2D eigenvalue weighted by molar-refractivity contribution is -0.138. The summed E-state index contributed by atoms with van der Waals surface area (Å²) in [5, 5.41) is 21.9. The summed E-state index contributed by atoms with van der Waals surface area (Å²) in [6, 6.07) is 28.6. The molecule has 8 rings (SSSR count). The van der Waals surface area contributed by atoms with Crippen LogP contribution in [0.4, 0.5) is 39.5 Å². The van der Waals surface area contributed by atoms with Crippen molar-refractivity contribution in [1.29, 1.82) is 10.5 Å². The smallest absolute Gasteiger partial charge is 0.308 e. The summed E-state index contributed by atoms with van der Waals surface area (Å²) in [5.74, 6) is 0. The second kappa shape index (κ2) is 11.9. The van der Waals surface area contributed by atoms with Crippen molar-refractivity contribution < 1.29 is 39.5 Å². The van der Waals surface area contributed by atoms with Crippen LogP contribution in [0.5, 0.6) is 0 Å². The van der Waals surface area contributed by atoms with Gasteiger partial charge in [0.2, 0.25) is 0 Å². The fourth-order valence-electron chi connectivity index (χ4n) is 7.15. The molecule has 0 amide bonds. The number of hydrogen-bond donors (Lipinski definition) is 0. The highest BCUT2D eigenvalue weighted by Gasteiger charge is 2.34. The molecule has 0 N–H and O–H groups in total. The number of benzene rings is 6. The van der Waals surface area contributed by atoms with Crippen molar-refractivity contribution >= 4 is 43.6 Å². The van der Waals surface area contributed by atoms with Crippen LogP contribution in [-0.2, 0) is 18.5 Å². The predicted molar refractivity (Wildman–Crippen MR) is 185 cm³/mol. The Kier molecular flexibility index (Phi) is 7.57. The molecule has 54 heavy (non-hydrogen) atoms. The number of halogens is 9. The molecular formula is C41H19F9N4. The molecule has 2 heterocycles. The van der Waals surface area contributed by atoms with Crippen molar-refractivity contribution in [3.8, 4) is 34.6 Å². The number of fused-ring (bicyclic) bond motifs is 6. The van der Waals surface area contributed by atoms with Gasteiger partial charge in [0.1, 0.15) is 11.6 Å². The van der Waals surface area contributed by atoms with E-state index in [2.05, 4.69) is 6.07 Å². The van der Waals surface area contributed by atoms with Gasteiger partial charge < -0.3 is 9.13 Å². The Bertz CT molecular complexity index is 2930. The number of nitrogens with zero attached hydrogens (tertiary/aromatic N) is 4. The fourth-order valence-corrected chi connectivity index (χ4v) is 7.15. The van der Waals surface area contributed by atoms with Crippen molar-refractivity contribution in [1.82, 2.24) is 9.13 Å². The van der Waals surface area contributed by atoms with Gasteiger partial charge in [-0.15, -0.1) is 0 Å². The van der Waals surface area contributed by atoms with Crippen LogP contribution in [0.1, 0.15) is 27.8 Å². The van der Waals surface area contributed by atoms with Gasteiger partial charge in [0.25, 0.3) is 0 Å². The van der Waals surface area contributed by atoms with E-state index in [4.69, 9.17) is 0 Å². The van der Waals surface area contributed by atoms with Crippen molar-refractivity contribution in [2.24, 2.45) is 0 Å². The summed E-state index contributed by atoms with van der Waals surface area (Å²) < 4.78 is 129. The van der Waals surface area contributed by atoms with E-state index in [1.807, 2.05) is 0 Å². The summed E-state index contributed by atoms with van der Waals surface area (Å²) >= 11 is 0. The highest BCUT2D eigenvalue weighted by atomic mass is 19.4. The maximum atomic E-state index is 14.2. The minimum Gasteiger partial charge on any atom is -0.308 e. The molecule has 0 radical (unpaired) electrons. The number of para-hydroxylation sites is 2. The maximum Gasteiger partial charge on any atom is 0.416 e. The number of rotatable bonds is 3. The van der Waals surface area contributed by atoms with Gasteiger partial charge in [-0.3, -0.25) is 0 Å². The average molecular weight is 739 g/mol. The van der Waals surface area contributed by atoms with Crippen LogP contribution in [0.15, 0.2) is 115 Å². The van der Waals surface area contributed by atoms with E-state index >= 15 is 0 Å². The molecule has 0 aliphatic rings. The quantitative estimate of drug-likeness (QED) is 0.170. The summed E-state index contributed by atoms with van der Waals surface area (Å²) in [4.78, 5) is 0. The lowest BCUT2D eigenvalue weighted by atomic mass is 9.95. The Morgan fingerprint density at radius 1 is 0.444 bits per heavy atom. The van der Waals surface area contributed by atoms with Gasteiger partial charge in [0, 0.05) is 27.1 Å². The molecule has 0 spiro atoms. The monoisotopic (exact) mass is 738 g/mol. The molecule has 0 atom stereocenters. The molecule has 0 unspecified atom stereocenters. The van der Waals surface area contributed by atoms with Crippen LogP contribution < -0.4 is 0 Å². The van der Waals surface area contributed by atoms with Crippen molar-refractivity contribution in [3.63, 3.8) is 0 Å².